The van der Waals surface area contributed by atoms with Crippen LogP contribution in [0.4, 0.5) is 0 Å². The van der Waals surface area contributed by atoms with Gasteiger partial charge in [0, 0.05) is 38.2 Å². The van der Waals surface area contributed by atoms with Crippen molar-refractivity contribution in [3.05, 3.63) is 42.0 Å². The van der Waals surface area contributed by atoms with Gasteiger partial charge in [-0.25, -0.2) is 4.79 Å². The lowest BCUT2D eigenvalue weighted by Crippen LogP contribution is -2.64. The van der Waals surface area contributed by atoms with Crippen LogP contribution in [0.5, 0.6) is 0 Å². The van der Waals surface area contributed by atoms with Gasteiger partial charge in [-0.15, -0.1) is 0 Å². The van der Waals surface area contributed by atoms with Crippen LogP contribution in [0.25, 0.3) is 6.08 Å². The molecule has 5 saturated heterocycles. The first-order chi connectivity index (χ1) is 27.1. The molecule has 7 rings (SSSR count). The number of hydrogen-bond donors (Lipinski definition) is 3. The zero-order valence-corrected chi connectivity index (χ0v) is 32.5. The summed E-state index contributed by atoms with van der Waals surface area (Å²) in [6, 6.07) is 9.42. The fourth-order valence-electron chi connectivity index (χ4n) is 8.85. The van der Waals surface area contributed by atoms with Crippen LogP contribution in [-0.4, -0.2) is 137 Å². The number of carbonyl (C=O) groups excluding carboxylic acids is 4. The molecule has 0 bridgehead atoms. The van der Waals surface area contributed by atoms with Crippen LogP contribution in [0.1, 0.15) is 65.9 Å². The molecule has 6 aliphatic rings. The Kier molecular flexibility index (Phi) is 12.1. The Bertz CT molecular complexity index is 1670. The van der Waals surface area contributed by atoms with E-state index in [9.17, 15) is 34.5 Å². The molecule has 1 aliphatic carbocycles. The van der Waals surface area contributed by atoms with Crippen molar-refractivity contribution < 1.29 is 81.9 Å². The predicted molar refractivity (Wildman–Crippen MR) is 191 cm³/mol. The lowest BCUT2D eigenvalue weighted by molar-refractivity contribution is -0.358. The predicted octanol–water partition coefficient (Wildman–Crippen LogP) is 1.31. The van der Waals surface area contributed by atoms with Crippen LogP contribution in [0, 0.1) is 17.8 Å². The maximum absolute atomic E-state index is 14.0. The number of fused-ring (bicyclic) bond motifs is 3. The third-order valence-corrected chi connectivity index (χ3v) is 12.0. The average Bonchev–Trinajstić information content (AvgIpc) is 3.94. The Hall–Kier alpha value is -3.52. The molecule has 5 aliphatic heterocycles. The molecule has 17 heteroatoms. The Morgan fingerprint density at radius 3 is 2.11 bits per heavy atom. The fourth-order valence-corrected chi connectivity index (χ4v) is 8.85. The topological polar surface area (TPSA) is 225 Å². The third-order valence-electron chi connectivity index (χ3n) is 12.0. The van der Waals surface area contributed by atoms with Crippen LogP contribution in [0.2, 0.25) is 0 Å². The summed E-state index contributed by atoms with van der Waals surface area (Å²) >= 11 is 0. The van der Waals surface area contributed by atoms with Gasteiger partial charge in [0.15, 0.2) is 30.2 Å². The number of hydrogen-bond acceptors (Lipinski definition) is 17. The van der Waals surface area contributed by atoms with E-state index in [2.05, 4.69) is 0 Å². The highest BCUT2D eigenvalue weighted by Gasteiger charge is 2.76. The van der Waals surface area contributed by atoms with Crippen LogP contribution in [0.3, 0.4) is 0 Å². The molecule has 0 unspecified atom stereocenters. The molecule has 0 radical (unpaired) electrons. The summed E-state index contributed by atoms with van der Waals surface area (Å²) in [5.74, 6) is -4.80. The van der Waals surface area contributed by atoms with Crippen molar-refractivity contribution >= 4 is 30.0 Å². The van der Waals surface area contributed by atoms with Crippen molar-refractivity contribution in [3.63, 3.8) is 0 Å². The second-order valence-corrected chi connectivity index (χ2v) is 16.0. The number of esters is 4. The third kappa shape index (κ3) is 8.36. The van der Waals surface area contributed by atoms with Crippen LogP contribution < -0.4 is 0 Å². The highest BCUT2D eigenvalue weighted by molar-refractivity contribution is 5.87. The normalized spacial score (nSPS) is 44.0. The Morgan fingerprint density at radius 1 is 0.789 bits per heavy atom. The Morgan fingerprint density at radius 2 is 1.44 bits per heavy atom. The Labute approximate surface area is 329 Å². The van der Waals surface area contributed by atoms with Crippen molar-refractivity contribution in [1.82, 2.24) is 0 Å². The number of benzene rings is 1. The van der Waals surface area contributed by atoms with Crippen molar-refractivity contribution in [2.75, 3.05) is 13.2 Å². The molecule has 2 spiro atoms. The summed E-state index contributed by atoms with van der Waals surface area (Å²) in [6.45, 7) is 7.81. The van der Waals surface area contributed by atoms with E-state index in [4.69, 9.17) is 47.4 Å². The van der Waals surface area contributed by atoms with Gasteiger partial charge in [-0.1, -0.05) is 37.3 Å². The number of ether oxygens (including phenoxy) is 10. The van der Waals surface area contributed by atoms with Crippen molar-refractivity contribution in [2.24, 2.45) is 17.8 Å². The van der Waals surface area contributed by atoms with E-state index < -0.39 is 115 Å². The highest BCUT2D eigenvalue weighted by atomic mass is 16.8. The molecule has 1 aromatic rings. The van der Waals surface area contributed by atoms with E-state index in [0.717, 1.165) is 19.4 Å². The fraction of sp³-hybridized carbons (Fsp3) is 0.700. The zero-order chi connectivity index (χ0) is 40.8. The van der Waals surface area contributed by atoms with Gasteiger partial charge in [-0.3, -0.25) is 14.4 Å². The van der Waals surface area contributed by atoms with Crippen LogP contribution >= 0.6 is 0 Å². The number of carbonyl (C=O) groups is 4. The second-order valence-electron chi connectivity index (χ2n) is 16.0. The maximum Gasteiger partial charge on any atom is 0.331 e. The quantitative estimate of drug-likeness (QED) is 0.139. The number of rotatable bonds is 9. The van der Waals surface area contributed by atoms with Gasteiger partial charge in [0.2, 0.25) is 12.1 Å². The summed E-state index contributed by atoms with van der Waals surface area (Å²) in [7, 11) is 0. The minimum Gasteiger partial charge on any atom is -0.459 e. The number of aliphatic hydroxyl groups is 3. The first kappa shape index (κ1) is 41.6. The van der Waals surface area contributed by atoms with Crippen LogP contribution in [-0.2, 0) is 66.5 Å². The highest BCUT2D eigenvalue weighted by Crippen LogP contribution is 2.62. The maximum atomic E-state index is 14.0. The summed E-state index contributed by atoms with van der Waals surface area (Å²) in [5, 5.41) is 32.7. The Balaban J connectivity index is 1.04. The van der Waals surface area contributed by atoms with Crippen molar-refractivity contribution in [1.29, 1.82) is 0 Å². The smallest absolute Gasteiger partial charge is 0.331 e. The van der Waals surface area contributed by atoms with Gasteiger partial charge in [-0.05, 0) is 44.7 Å². The average molecular weight is 805 g/mol. The molecular weight excluding hydrogens is 752 g/mol. The standard InChI is InChI=1S/C40H52O17/c1-19-17-48-40(16-28(19)54-29(43)14-11-24-9-7-6-8-10-24)39(18-49-39)26-13-12-25(15-27(26)57-40)36(47)56-38-35(34(53-23(5)42)31(45)21(3)51-38)55-37-32(46)33(52-22(4)41)30(44)20(2)50-37/h6-11,14,19-21,25-28,30-35,37-38,44-46H,12-13,15-18H2,1-5H3/b14-11+/t19-,20+,21+,25+,26+,27+,28-,30+,31+,32-,33-,34-,35-,37-,38-,39-,40-/m0/s1. The van der Waals surface area contributed by atoms with E-state index in [1.807, 2.05) is 37.3 Å². The summed E-state index contributed by atoms with van der Waals surface area (Å²) in [5.41, 5.74) is 0.102. The van der Waals surface area contributed by atoms with Crippen LogP contribution in [0.15, 0.2) is 36.4 Å². The summed E-state index contributed by atoms with van der Waals surface area (Å²) in [6.07, 6.45) is -10.6. The SMILES string of the molecule is CC(=O)O[C@@H]1[C@H](O)[C@H](O[C@@H]2[C@H](OC(=O)[C@@H]3CC[C@@H]4[C@@H](C3)O[C@@]3(C[C@H](OC(=O)/C=C/c5ccccc5)[C@@H](C)CO3)[C@]43CO3)O[C@H](C)[C@@H](O)[C@@H]2OC(C)=O)O[C@H](C)[C@H]1O. The van der Waals surface area contributed by atoms with Gasteiger partial charge in [0.25, 0.3) is 0 Å². The second kappa shape index (κ2) is 16.6. The molecular formula is C40H52O17. The van der Waals surface area contributed by atoms with Gasteiger partial charge in [-0.2, -0.15) is 0 Å². The van der Waals surface area contributed by atoms with E-state index in [1.54, 1.807) is 6.08 Å². The molecule has 5 heterocycles. The molecule has 6 fully saturated rings. The molecule has 1 saturated carbocycles. The van der Waals surface area contributed by atoms with E-state index >= 15 is 0 Å². The van der Waals surface area contributed by atoms with E-state index in [1.165, 1.54) is 19.9 Å². The monoisotopic (exact) mass is 804 g/mol. The van der Waals surface area contributed by atoms with E-state index in [0.29, 0.717) is 19.4 Å². The molecule has 17 atom stereocenters. The van der Waals surface area contributed by atoms with Crippen molar-refractivity contribution in [2.45, 2.75) is 145 Å². The van der Waals surface area contributed by atoms with E-state index in [-0.39, 0.29) is 31.3 Å². The lowest BCUT2D eigenvalue weighted by Gasteiger charge is -2.46. The summed E-state index contributed by atoms with van der Waals surface area (Å²) in [4.78, 5) is 50.9. The molecule has 1 aromatic carbocycles. The van der Waals surface area contributed by atoms with Crippen molar-refractivity contribution in [3.8, 4) is 0 Å². The van der Waals surface area contributed by atoms with Gasteiger partial charge >= 0.3 is 23.9 Å². The minimum atomic E-state index is -1.73. The molecule has 3 N–H and O–H groups in total. The number of epoxide rings is 1. The lowest BCUT2D eigenvalue weighted by atomic mass is 9.72. The van der Waals surface area contributed by atoms with Gasteiger partial charge < -0.3 is 62.7 Å². The first-order valence-electron chi connectivity index (χ1n) is 19.6. The summed E-state index contributed by atoms with van der Waals surface area (Å²) < 4.78 is 59.4. The number of aliphatic hydroxyl groups excluding tert-OH is 3. The molecule has 57 heavy (non-hydrogen) atoms. The molecule has 0 aromatic heterocycles. The zero-order valence-electron chi connectivity index (χ0n) is 32.5. The largest absolute Gasteiger partial charge is 0.459 e. The van der Waals surface area contributed by atoms with Gasteiger partial charge in [0.1, 0.15) is 24.4 Å². The minimum absolute atomic E-state index is 0.109. The first-order valence-corrected chi connectivity index (χ1v) is 19.6. The van der Waals surface area contributed by atoms with Gasteiger partial charge in [0.05, 0.1) is 37.4 Å². The molecule has 0 amide bonds. The molecule has 314 valence electrons. The molecule has 17 nitrogen and oxygen atoms in total.